The van der Waals surface area contributed by atoms with E-state index in [0.717, 1.165) is 12.1 Å². The van der Waals surface area contributed by atoms with Crippen LogP contribution in [-0.2, 0) is 4.79 Å². The molecule has 2 aromatic rings. The molecule has 0 saturated heterocycles. The van der Waals surface area contributed by atoms with E-state index < -0.39 is 16.6 Å². The van der Waals surface area contributed by atoms with E-state index in [4.69, 9.17) is 10.2 Å². The van der Waals surface area contributed by atoms with E-state index in [1.54, 1.807) is 18.2 Å². The lowest BCUT2D eigenvalue weighted by Crippen LogP contribution is -2.24. The number of hydrogen-bond acceptors (Lipinski definition) is 8. The van der Waals surface area contributed by atoms with Crippen LogP contribution in [0.25, 0.3) is 0 Å². The predicted octanol–water partition coefficient (Wildman–Crippen LogP) is 1.22. The number of amides is 1. The molecule has 10 nitrogen and oxygen atoms in total. The third-order valence-corrected chi connectivity index (χ3v) is 3.70. The highest BCUT2D eigenvalue weighted by molar-refractivity contribution is 6.46. The van der Waals surface area contributed by atoms with Crippen molar-refractivity contribution in [3.8, 4) is 0 Å². The summed E-state index contributed by atoms with van der Waals surface area (Å²) in [5, 5.41) is 37.1. The minimum atomic E-state index is -0.916. The molecule has 148 valence electrons. The third-order valence-electron chi connectivity index (χ3n) is 3.70. The van der Waals surface area contributed by atoms with Crippen molar-refractivity contribution in [1.29, 1.82) is 0 Å². The van der Waals surface area contributed by atoms with E-state index in [-0.39, 0.29) is 37.6 Å². The second-order valence-corrected chi connectivity index (χ2v) is 5.62. The molecule has 0 radical (unpaired) electrons. The summed E-state index contributed by atoms with van der Waals surface area (Å²) in [6.07, 6.45) is 0. The lowest BCUT2D eigenvalue weighted by atomic mass is 10.1. The summed E-state index contributed by atoms with van der Waals surface area (Å²) in [5.41, 5.74) is 1.16. The van der Waals surface area contributed by atoms with Gasteiger partial charge in [-0.05, 0) is 24.3 Å². The highest BCUT2D eigenvalue weighted by Gasteiger charge is 2.19. The largest absolute Gasteiger partial charge is 0.395 e. The summed E-state index contributed by atoms with van der Waals surface area (Å²) in [6.45, 7) is 0.224. The van der Waals surface area contributed by atoms with Crippen molar-refractivity contribution in [2.45, 2.75) is 0 Å². The number of non-ortho nitro benzene ring substituents is 1. The molecular formula is C18H20N4O6. The number of ketones is 1. The van der Waals surface area contributed by atoms with Crippen LogP contribution in [0.15, 0.2) is 42.5 Å². The maximum Gasteiger partial charge on any atom is 0.296 e. The number of hydrogen-bond donors (Lipinski definition) is 5. The molecule has 0 heterocycles. The normalized spacial score (nSPS) is 10.2. The average molecular weight is 388 g/mol. The first-order valence-corrected chi connectivity index (χ1v) is 8.40. The Morgan fingerprint density at radius 2 is 1.54 bits per heavy atom. The number of rotatable bonds is 10. The van der Waals surface area contributed by atoms with E-state index in [1.165, 1.54) is 12.1 Å². The highest BCUT2D eigenvalue weighted by Crippen LogP contribution is 2.30. The Morgan fingerprint density at radius 1 is 0.929 bits per heavy atom. The van der Waals surface area contributed by atoms with Crippen LogP contribution in [0.2, 0.25) is 0 Å². The Morgan fingerprint density at radius 3 is 2.14 bits per heavy atom. The number of anilines is 3. The molecule has 0 atom stereocenters. The fraction of sp³-hybridized carbons (Fsp3) is 0.222. The summed E-state index contributed by atoms with van der Waals surface area (Å²) >= 11 is 0. The van der Waals surface area contributed by atoms with Gasteiger partial charge in [0.2, 0.25) is 0 Å². The quantitative estimate of drug-likeness (QED) is 0.176. The zero-order valence-corrected chi connectivity index (χ0v) is 14.8. The molecule has 0 aromatic heterocycles. The van der Waals surface area contributed by atoms with Crippen molar-refractivity contribution in [2.75, 3.05) is 42.3 Å². The standard InChI is InChI=1S/C18H20N4O6/c23-10-8-19-14-2-1-3-15(16(14)20-9-11-24)21-18(26)17(25)12-4-6-13(7-5-12)22(27)28/h1-7,19-20,23-24H,8-11H2,(H,21,26). The highest BCUT2D eigenvalue weighted by atomic mass is 16.6. The number of aliphatic hydroxyl groups is 2. The van der Waals surface area contributed by atoms with Crippen LogP contribution in [0.5, 0.6) is 0 Å². The van der Waals surface area contributed by atoms with Crippen molar-refractivity contribution in [2.24, 2.45) is 0 Å². The van der Waals surface area contributed by atoms with Gasteiger partial charge in [0.1, 0.15) is 0 Å². The van der Waals surface area contributed by atoms with Crippen LogP contribution in [-0.4, -0.2) is 53.1 Å². The first-order valence-electron chi connectivity index (χ1n) is 8.40. The molecule has 2 rings (SSSR count). The van der Waals surface area contributed by atoms with Gasteiger partial charge in [-0.2, -0.15) is 0 Å². The molecule has 0 aliphatic carbocycles. The molecule has 0 spiro atoms. The molecule has 28 heavy (non-hydrogen) atoms. The van der Waals surface area contributed by atoms with Crippen LogP contribution in [0.3, 0.4) is 0 Å². The van der Waals surface area contributed by atoms with Gasteiger partial charge in [0.25, 0.3) is 17.4 Å². The third kappa shape index (κ3) is 5.25. The number of aliphatic hydroxyl groups excluding tert-OH is 2. The van der Waals surface area contributed by atoms with Gasteiger partial charge in [-0.25, -0.2) is 0 Å². The molecule has 10 heteroatoms. The fourth-order valence-electron chi connectivity index (χ4n) is 2.41. The van der Waals surface area contributed by atoms with Crippen LogP contribution in [0, 0.1) is 10.1 Å². The number of carbonyl (C=O) groups is 2. The first kappa shape index (κ1) is 20.8. The summed E-state index contributed by atoms with van der Waals surface area (Å²) in [6, 6.07) is 9.65. The lowest BCUT2D eigenvalue weighted by Gasteiger charge is -2.17. The summed E-state index contributed by atoms with van der Waals surface area (Å²) in [4.78, 5) is 34.8. The Kier molecular flexibility index (Phi) is 7.43. The zero-order chi connectivity index (χ0) is 20.5. The lowest BCUT2D eigenvalue weighted by molar-refractivity contribution is -0.384. The van der Waals surface area contributed by atoms with Crippen molar-refractivity contribution >= 4 is 34.4 Å². The molecule has 1 amide bonds. The van der Waals surface area contributed by atoms with E-state index in [0.29, 0.717) is 17.1 Å². The van der Waals surface area contributed by atoms with E-state index >= 15 is 0 Å². The summed E-state index contributed by atoms with van der Waals surface area (Å²) in [7, 11) is 0. The molecule has 0 aliphatic rings. The van der Waals surface area contributed by atoms with Crippen molar-refractivity contribution < 1.29 is 24.7 Å². The Bertz CT molecular complexity index is 854. The van der Waals surface area contributed by atoms with Gasteiger partial charge >= 0.3 is 0 Å². The van der Waals surface area contributed by atoms with Gasteiger partial charge in [-0.1, -0.05) is 6.07 Å². The minimum absolute atomic E-state index is 0.0162. The second kappa shape index (κ2) is 10.00. The van der Waals surface area contributed by atoms with Gasteiger partial charge in [0.05, 0.1) is 35.2 Å². The predicted molar refractivity (Wildman–Crippen MR) is 104 cm³/mol. The number of nitrogens with one attached hydrogen (secondary N) is 3. The average Bonchev–Trinajstić information content (AvgIpc) is 2.70. The minimum Gasteiger partial charge on any atom is -0.395 e. The van der Waals surface area contributed by atoms with Crippen molar-refractivity contribution in [1.82, 2.24) is 0 Å². The van der Waals surface area contributed by atoms with Crippen LogP contribution in [0.1, 0.15) is 10.4 Å². The summed E-state index contributed by atoms with van der Waals surface area (Å²) < 4.78 is 0. The smallest absolute Gasteiger partial charge is 0.296 e. The zero-order valence-electron chi connectivity index (χ0n) is 14.8. The van der Waals surface area contributed by atoms with E-state index in [9.17, 15) is 19.7 Å². The van der Waals surface area contributed by atoms with E-state index in [2.05, 4.69) is 16.0 Å². The molecule has 0 saturated carbocycles. The van der Waals surface area contributed by atoms with Gasteiger partial charge in [-0.3, -0.25) is 19.7 Å². The number of nitro benzene ring substituents is 1. The molecule has 2 aromatic carbocycles. The second-order valence-electron chi connectivity index (χ2n) is 5.62. The van der Waals surface area contributed by atoms with Gasteiger partial charge in [0.15, 0.2) is 0 Å². The number of Topliss-reactive ketones (excluding diaryl/α,β-unsaturated/α-hetero) is 1. The molecule has 0 unspecified atom stereocenters. The molecule has 0 aliphatic heterocycles. The van der Waals surface area contributed by atoms with Crippen LogP contribution >= 0.6 is 0 Å². The molecule has 5 N–H and O–H groups in total. The Hall–Kier alpha value is -3.50. The van der Waals surface area contributed by atoms with Crippen molar-refractivity contribution in [3.05, 3.63) is 58.1 Å². The maximum atomic E-state index is 12.4. The monoisotopic (exact) mass is 388 g/mol. The Labute approximate surface area is 160 Å². The first-order chi connectivity index (χ1) is 13.5. The van der Waals surface area contributed by atoms with E-state index in [1.807, 2.05) is 0 Å². The van der Waals surface area contributed by atoms with Crippen molar-refractivity contribution in [3.63, 3.8) is 0 Å². The number of carbonyl (C=O) groups excluding carboxylic acids is 2. The van der Waals surface area contributed by atoms with Gasteiger partial charge in [-0.15, -0.1) is 0 Å². The molecule has 0 fully saturated rings. The fourth-order valence-corrected chi connectivity index (χ4v) is 2.41. The topological polar surface area (TPSA) is 154 Å². The van der Waals surface area contributed by atoms with Crippen LogP contribution < -0.4 is 16.0 Å². The van der Waals surface area contributed by atoms with Gasteiger partial charge < -0.3 is 26.2 Å². The SMILES string of the molecule is O=C(Nc1cccc(NCCO)c1NCCO)C(=O)c1ccc([N+](=O)[O-])cc1. The summed E-state index contributed by atoms with van der Waals surface area (Å²) in [5.74, 6) is -1.77. The number of para-hydroxylation sites is 1. The molecule has 0 bridgehead atoms. The van der Waals surface area contributed by atoms with Crippen LogP contribution in [0.4, 0.5) is 22.7 Å². The molecular weight excluding hydrogens is 368 g/mol. The number of nitrogens with zero attached hydrogens (tertiary/aromatic N) is 1. The van der Waals surface area contributed by atoms with Gasteiger partial charge in [0, 0.05) is 30.8 Å². The maximum absolute atomic E-state index is 12.4. The number of benzene rings is 2. The number of nitro groups is 1. The Balaban J connectivity index is 2.21.